The number of phosphoric ester groups is 1. The molecule has 0 saturated carbocycles. The predicted molar refractivity (Wildman–Crippen MR) is 235 cm³/mol. The molecule has 0 aromatic rings. The monoisotopic (exact) mass is 832 g/mol. The number of carboxylic acid groups (broad SMARTS) is 1. The van der Waals surface area contributed by atoms with Crippen LogP contribution in [0.3, 0.4) is 0 Å². The van der Waals surface area contributed by atoms with Gasteiger partial charge >= 0.3 is 25.7 Å². The maximum Gasteiger partial charge on any atom is 0.472 e. The lowest BCUT2D eigenvalue weighted by Crippen LogP contribution is -2.34. The van der Waals surface area contributed by atoms with E-state index in [4.69, 9.17) is 24.8 Å². The molecule has 0 aromatic heterocycles. The summed E-state index contributed by atoms with van der Waals surface area (Å²) in [7, 11) is -4.74. The minimum atomic E-state index is -4.74. The smallest absolute Gasteiger partial charge is 0.472 e. The summed E-state index contributed by atoms with van der Waals surface area (Å²) in [5.41, 5.74) is 5.32. The molecule has 0 aliphatic carbocycles. The first-order valence-electron chi connectivity index (χ1n) is 21.3. The minimum Gasteiger partial charge on any atom is -0.480 e. The van der Waals surface area contributed by atoms with Crippen molar-refractivity contribution in [3.63, 3.8) is 0 Å². The van der Waals surface area contributed by atoms with Crippen molar-refractivity contribution in [2.45, 2.75) is 154 Å². The molecule has 0 amide bonds. The maximum atomic E-state index is 12.6. The molecule has 2 unspecified atom stereocenters. The van der Waals surface area contributed by atoms with Gasteiger partial charge in [0.1, 0.15) is 12.6 Å². The lowest BCUT2D eigenvalue weighted by atomic mass is 10.1. The molecule has 58 heavy (non-hydrogen) atoms. The molecule has 4 N–H and O–H groups in total. The van der Waals surface area contributed by atoms with E-state index in [1.54, 1.807) is 0 Å². The number of nitrogens with two attached hydrogens (primary N) is 1. The highest BCUT2D eigenvalue weighted by atomic mass is 31.2. The SMILES string of the molecule is CC/C=C/C=C/C=C/C=C/CCCCCC(=O)OC(COC(=O)CCCCCCC/C=C/C/C=C/C/C=C/C/C=C/CCCCC)COP(=O)(O)OC[C@H](N)C(=O)O. The van der Waals surface area contributed by atoms with Crippen LogP contribution < -0.4 is 5.73 Å². The summed E-state index contributed by atoms with van der Waals surface area (Å²) < 4.78 is 32.6. The molecule has 0 aromatic carbocycles. The van der Waals surface area contributed by atoms with Gasteiger partial charge in [0.25, 0.3) is 0 Å². The van der Waals surface area contributed by atoms with Crippen molar-refractivity contribution in [2.24, 2.45) is 5.73 Å². The first kappa shape index (κ1) is 54.4. The van der Waals surface area contributed by atoms with Crippen molar-refractivity contribution < 1.29 is 47.5 Å². The fourth-order valence-electron chi connectivity index (χ4n) is 5.06. The molecule has 11 nitrogen and oxygen atoms in total. The highest BCUT2D eigenvalue weighted by Gasteiger charge is 2.28. The summed E-state index contributed by atoms with van der Waals surface area (Å²) in [6.07, 6.45) is 50.5. The van der Waals surface area contributed by atoms with E-state index >= 15 is 0 Å². The summed E-state index contributed by atoms with van der Waals surface area (Å²) in [5, 5.41) is 8.88. The van der Waals surface area contributed by atoms with Gasteiger partial charge in [-0.3, -0.25) is 23.4 Å². The number of rotatable bonds is 38. The zero-order chi connectivity index (χ0) is 42.8. The van der Waals surface area contributed by atoms with Crippen molar-refractivity contribution in [1.29, 1.82) is 0 Å². The van der Waals surface area contributed by atoms with Gasteiger partial charge in [-0.05, 0) is 77.0 Å². The Morgan fingerprint density at radius 1 is 0.569 bits per heavy atom. The Balaban J connectivity index is 4.45. The van der Waals surface area contributed by atoms with Crippen LogP contribution >= 0.6 is 7.82 Å². The average molecular weight is 832 g/mol. The van der Waals surface area contributed by atoms with Crippen LogP contribution in [0.25, 0.3) is 0 Å². The lowest BCUT2D eigenvalue weighted by molar-refractivity contribution is -0.161. The van der Waals surface area contributed by atoms with Crippen LogP contribution in [0.5, 0.6) is 0 Å². The van der Waals surface area contributed by atoms with Gasteiger partial charge in [-0.2, -0.15) is 0 Å². The van der Waals surface area contributed by atoms with Gasteiger partial charge in [0.2, 0.25) is 0 Å². The minimum absolute atomic E-state index is 0.104. The number of unbranched alkanes of at least 4 members (excludes halogenated alkanes) is 11. The van der Waals surface area contributed by atoms with E-state index < -0.39 is 51.1 Å². The Hall–Kier alpha value is -3.60. The van der Waals surface area contributed by atoms with Crippen LogP contribution in [0.15, 0.2) is 97.2 Å². The van der Waals surface area contributed by atoms with E-state index in [1.807, 2.05) is 36.5 Å². The van der Waals surface area contributed by atoms with E-state index in [0.717, 1.165) is 77.0 Å². The van der Waals surface area contributed by atoms with Crippen molar-refractivity contribution >= 4 is 25.7 Å². The fourth-order valence-corrected chi connectivity index (χ4v) is 5.83. The molecular weight excluding hydrogens is 757 g/mol. The molecule has 328 valence electrons. The van der Waals surface area contributed by atoms with Gasteiger partial charge in [0.05, 0.1) is 13.2 Å². The van der Waals surface area contributed by atoms with Crippen LogP contribution in [0.4, 0.5) is 0 Å². The summed E-state index contributed by atoms with van der Waals surface area (Å²) >= 11 is 0. The highest BCUT2D eigenvalue weighted by molar-refractivity contribution is 7.47. The zero-order valence-electron chi connectivity index (χ0n) is 35.3. The number of ether oxygens (including phenoxy) is 2. The van der Waals surface area contributed by atoms with Crippen LogP contribution in [-0.2, 0) is 37.5 Å². The van der Waals surface area contributed by atoms with Crippen LogP contribution in [-0.4, -0.2) is 59.9 Å². The topological polar surface area (TPSA) is 172 Å². The molecule has 0 fully saturated rings. The predicted octanol–water partition coefficient (Wildman–Crippen LogP) is 11.3. The molecule has 0 heterocycles. The Kier molecular flexibility index (Phi) is 37.7. The third-order valence-corrected chi connectivity index (χ3v) is 9.36. The van der Waals surface area contributed by atoms with E-state index in [1.165, 1.54) is 25.7 Å². The highest BCUT2D eigenvalue weighted by Crippen LogP contribution is 2.43. The number of aliphatic carboxylic acids is 1. The number of allylic oxidation sites excluding steroid dienone is 16. The number of esters is 2. The average Bonchev–Trinajstić information content (AvgIpc) is 3.20. The summed E-state index contributed by atoms with van der Waals surface area (Å²) in [4.78, 5) is 45.9. The van der Waals surface area contributed by atoms with Crippen LogP contribution in [0.1, 0.15) is 142 Å². The standard InChI is InChI=1S/C46H74NO10P/c1-3-5-7-9-11-13-15-17-18-19-20-21-22-23-24-26-27-29-31-33-35-37-44(48)54-39-42(40-55-58(52,53)56-41-43(47)46(50)51)57-45(49)38-36-34-32-30-28-25-16-14-12-10-8-6-4-2/h6,8,10-14,16-18,20-21,23-25,28,42-43H,3-5,7,9,15,19,22,26-27,29-41,47H2,1-2H3,(H,50,51)(H,52,53)/b8-6+,12-10+,13-11+,16-14+,18-17+,21-20+,24-23+,28-25+/t42?,43-/m0/s1. The van der Waals surface area contributed by atoms with Crippen molar-refractivity contribution in [3.8, 4) is 0 Å². The number of phosphoric acid groups is 1. The second-order valence-electron chi connectivity index (χ2n) is 13.8. The molecule has 0 radical (unpaired) electrons. The second kappa shape index (κ2) is 40.2. The molecule has 0 aliphatic rings. The Bertz CT molecular complexity index is 1350. The van der Waals surface area contributed by atoms with E-state index in [-0.39, 0.29) is 19.4 Å². The van der Waals surface area contributed by atoms with Gasteiger partial charge in [-0.25, -0.2) is 4.57 Å². The molecule has 12 heteroatoms. The Morgan fingerprint density at radius 3 is 1.62 bits per heavy atom. The Labute approximate surface area is 349 Å². The summed E-state index contributed by atoms with van der Waals surface area (Å²) in [6, 6.07) is -1.54. The van der Waals surface area contributed by atoms with E-state index in [0.29, 0.717) is 12.8 Å². The lowest BCUT2D eigenvalue weighted by Gasteiger charge is -2.20. The molecular formula is C46H74NO10P. The normalized spacial score (nSPS) is 14.7. The molecule has 0 spiro atoms. The first-order valence-corrected chi connectivity index (χ1v) is 22.8. The number of hydrogen-bond donors (Lipinski definition) is 3. The molecule has 0 saturated heterocycles. The largest absolute Gasteiger partial charge is 0.480 e. The van der Waals surface area contributed by atoms with Gasteiger partial charge in [-0.1, -0.05) is 150 Å². The third kappa shape index (κ3) is 39.2. The summed E-state index contributed by atoms with van der Waals surface area (Å²) in [5.74, 6) is -2.47. The number of carbonyl (C=O) groups excluding carboxylic acids is 2. The van der Waals surface area contributed by atoms with E-state index in [9.17, 15) is 23.8 Å². The number of carboxylic acids is 1. The fraction of sp³-hybridized carbons (Fsp3) is 0.587. The van der Waals surface area contributed by atoms with Crippen molar-refractivity contribution in [1.82, 2.24) is 0 Å². The summed E-state index contributed by atoms with van der Waals surface area (Å²) in [6.45, 7) is 2.54. The van der Waals surface area contributed by atoms with Crippen LogP contribution in [0.2, 0.25) is 0 Å². The van der Waals surface area contributed by atoms with Gasteiger partial charge in [0.15, 0.2) is 6.10 Å². The van der Waals surface area contributed by atoms with Gasteiger partial charge < -0.3 is 25.2 Å². The first-order chi connectivity index (χ1) is 28.1. The van der Waals surface area contributed by atoms with Crippen LogP contribution in [0, 0.1) is 0 Å². The second-order valence-corrected chi connectivity index (χ2v) is 15.3. The third-order valence-electron chi connectivity index (χ3n) is 8.41. The maximum absolute atomic E-state index is 12.6. The molecule has 3 atom stereocenters. The number of hydrogen-bond acceptors (Lipinski definition) is 9. The molecule has 0 rings (SSSR count). The van der Waals surface area contributed by atoms with Gasteiger partial charge in [0, 0.05) is 12.8 Å². The molecule has 0 aliphatic heterocycles. The van der Waals surface area contributed by atoms with Crippen molar-refractivity contribution in [3.05, 3.63) is 97.2 Å². The van der Waals surface area contributed by atoms with Crippen molar-refractivity contribution in [2.75, 3.05) is 19.8 Å². The quantitative estimate of drug-likeness (QED) is 0.0178. The Morgan fingerprint density at radius 2 is 1.03 bits per heavy atom. The van der Waals surface area contributed by atoms with Gasteiger partial charge in [-0.15, -0.1) is 0 Å². The van der Waals surface area contributed by atoms with E-state index in [2.05, 4.69) is 79.1 Å². The zero-order valence-corrected chi connectivity index (χ0v) is 36.2. The molecule has 0 bridgehead atoms. The number of carbonyl (C=O) groups is 3.